The van der Waals surface area contributed by atoms with E-state index in [-0.39, 0.29) is 5.91 Å². The van der Waals surface area contributed by atoms with E-state index in [1.807, 2.05) is 35.2 Å². The van der Waals surface area contributed by atoms with E-state index in [0.717, 1.165) is 66.0 Å². The van der Waals surface area contributed by atoms with Crippen LogP contribution in [0.15, 0.2) is 77.3 Å². The van der Waals surface area contributed by atoms with Crippen LogP contribution >= 0.6 is 0 Å². The Hall–Kier alpha value is -4.26. The minimum absolute atomic E-state index is 0.209. The number of anilines is 1. The number of amides is 1. The number of aromatic nitrogens is 3. The molecular weight excluding hydrogens is 498 g/mol. The van der Waals surface area contributed by atoms with Crippen LogP contribution in [-0.4, -0.2) is 52.1 Å². The zero-order valence-electron chi connectivity index (χ0n) is 23.2. The van der Waals surface area contributed by atoms with Gasteiger partial charge in [0.1, 0.15) is 22.7 Å². The van der Waals surface area contributed by atoms with Gasteiger partial charge in [-0.2, -0.15) is 4.98 Å². The molecule has 1 fully saturated rings. The predicted octanol–water partition coefficient (Wildman–Crippen LogP) is 6.31. The monoisotopic (exact) mass is 533 g/mol. The normalized spacial score (nSPS) is 14.3. The minimum Gasteiger partial charge on any atom is -0.354 e. The van der Waals surface area contributed by atoms with Gasteiger partial charge < -0.3 is 14.3 Å². The van der Waals surface area contributed by atoms with Crippen LogP contribution in [0.4, 0.5) is 5.82 Å². The summed E-state index contributed by atoms with van der Waals surface area (Å²) in [6.07, 6.45) is 2.92. The van der Waals surface area contributed by atoms with Gasteiger partial charge in [0, 0.05) is 44.6 Å². The molecule has 0 radical (unpaired) electrons. The number of hydrogen-bond donors (Lipinski definition) is 0. The lowest BCUT2D eigenvalue weighted by atomic mass is 10.0. The van der Waals surface area contributed by atoms with Gasteiger partial charge in [-0.25, -0.2) is 4.98 Å². The topological polar surface area (TPSA) is 75.4 Å². The number of carbonyl (C=O) groups excluding carboxylic acids is 1. The molecular formula is C33H35N5O2. The van der Waals surface area contributed by atoms with E-state index < -0.39 is 0 Å². The molecule has 1 aliphatic rings. The number of fused-ring (bicyclic) bond motifs is 2. The molecule has 2 aromatic heterocycles. The lowest BCUT2D eigenvalue weighted by Crippen LogP contribution is -2.35. The summed E-state index contributed by atoms with van der Waals surface area (Å²) in [7, 11) is 0. The maximum absolute atomic E-state index is 13.1. The van der Waals surface area contributed by atoms with Gasteiger partial charge in [-0.05, 0) is 41.2 Å². The van der Waals surface area contributed by atoms with Crippen LogP contribution in [0.1, 0.15) is 38.1 Å². The second-order valence-electron chi connectivity index (χ2n) is 11.0. The highest BCUT2D eigenvalue weighted by Crippen LogP contribution is 2.35. The third-order valence-electron chi connectivity index (χ3n) is 7.60. The smallest absolute Gasteiger partial charge is 0.263 e. The van der Waals surface area contributed by atoms with Gasteiger partial charge in [0.05, 0.1) is 0 Å². The Balaban J connectivity index is 1.30. The Labute approximate surface area is 234 Å². The second kappa shape index (κ2) is 11.5. The molecule has 0 N–H and O–H groups in total. The Morgan fingerprint density at radius 1 is 0.900 bits per heavy atom. The van der Waals surface area contributed by atoms with Crippen LogP contribution in [-0.2, 0) is 17.6 Å². The molecule has 0 unspecified atom stereocenters. The van der Waals surface area contributed by atoms with E-state index in [1.165, 1.54) is 10.9 Å². The fourth-order valence-electron chi connectivity index (χ4n) is 5.53. The summed E-state index contributed by atoms with van der Waals surface area (Å²) in [5.74, 6) is 2.23. The summed E-state index contributed by atoms with van der Waals surface area (Å²) in [5, 5.41) is 7.67. The summed E-state index contributed by atoms with van der Waals surface area (Å²) in [5.41, 5.74) is 3.45. The summed E-state index contributed by atoms with van der Waals surface area (Å²) in [6, 6.07) is 24.9. The van der Waals surface area contributed by atoms with E-state index >= 15 is 0 Å². The van der Waals surface area contributed by atoms with Gasteiger partial charge in [-0.1, -0.05) is 85.7 Å². The molecule has 204 valence electrons. The average molecular weight is 534 g/mol. The molecule has 0 bridgehead atoms. The summed E-state index contributed by atoms with van der Waals surface area (Å²) >= 11 is 0. The van der Waals surface area contributed by atoms with Crippen molar-refractivity contribution in [1.82, 2.24) is 20.0 Å². The van der Waals surface area contributed by atoms with Crippen molar-refractivity contribution in [3.05, 3.63) is 84.2 Å². The number of hydrogen-bond acceptors (Lipinski definition) is 6. The van der Waals surface area contributed by atoms with Crippen LogP contribution in [0.25, 0.3) is 33.1 Å². The fraction of sp³-hybridized carbons (Fsp3) is 0.333. The van der Waals surface area contributed by atoms with Crippen LogP contribution in [0.5, 0.6) is 0 Å². The lowest BCUT2D eigenvalue weighted by molar-refractivity contribution is -0.130. The Morgan fingerprint density at radius 3 is 2.52 bits per heavy atom. The van der Waals surface area contributed by atoms with Crippen molar-refractivity contribution in [1.29, 1.82) is 0 Å². The Morgan fingerprint density at radius 2 is 1.70 bits per heavy atom. The molecule has 0 spiro atoms. The quantitative estimate of drug-likeness (QED) is 0.244. The molecule has 7 nitrogen and oxygen atoms in total. The minimum atomic E-state index is 0.209. The standard InChI is InChI=1S/C33H35N5O2/c1-23(2)21-28-34-32(38-18-8-17-37(19-20-38)29(39)16-13-24-9-4-3-5-10-24)30-31(36-40-33(30)35-28)27-15-14-25-11-6-7-12-26(25)22-27/h3-7,9-12,14-15,22-23H,8,13,16-21H2,1-2H3. The lowest BCUT2D eigenvalue weighted by Gasteiger charge is -2.24. The molecule has 40 heavy (non-hydrogen) atoms. The highest BCUT2D eigenvalue weighted by atomic mass is 16.5. The van der Waals surface area contributed by atoms with Crippen molar-refractivity contribution in [3.63, 3.8) is 0 Å². The molecule has 3 aromatic carbocycles. The molecule has 0 atom stereocenters. The number of aryl methyl sites for hydroxylation is 1. The van der Waals surface area contributed by atoms with E-state index in [1.54, 1.807) is 0 Å². The maximum Gasteiger partial charge on any atom is 0.263 e. The second-order valence-corrected chi connectivity index (χ2v) is 11.0. The fourth-order valence-corrected chi connectivity index (χ4v) is 5.53. The van der Waals surface area contributed by atoms with Gasteiger partial charge in [0.15, 0.2) is 0 Å². The van der Waals surface area contributed by atoms with Crippen molar-refractivity contribution < 1.29 is 9.32 Å². The highest BCUT2D eigenvalue weighted by molar-refractivity contribution is 6.00. The van der Waals surface area contributed by atoms with Crippen molar-refractivity contribution >= 4 is 33.6 Å². The molecule has 5 aromatic rings. The first-order valence-electron chi connectivity index (χ1n) is 14.3. The van der Waals surface area contributed by atoms with E-state index in [0.29, 0.717) is 31.1 Å². The first kappa shape index (κ1) is 26.0. The van der Waals surface area contributed by atoms with Gasteiger partial charge in [-0.3, -0.25) is 4.79 Å². The van der Waals surface area contributed by atoms with Crippen molar-refractivity contribution in [2.24, 2.45) is 5.92 Å². The molecule has 1 aliphatic heterocycles. The number of benzene rings is 3. The maximum atomic E-state index is 13.1. The highest BCUT2D eigenvalue weighted by Gasteiger charge is 2.26. The number of nitrogens with zero attached hydrogens (tertiary/aromatic N) is 5. The van der Waals surface area contributed by atoms with Gasteiger partial charge in [0.25, 0.3) is 5.71 Å². The summed E-state index contributed by atoms with van der Waals surface area (Å²) in [6.45, 7) is 7.25. The van der Waals surface area contributed by atoms with Crippen LogP contribution in [0.2, 0.25) is 0 Å². The van der Waals surface area contributed by atoms with Crippen LogP contribution in [0, 0.1) is 5.92 Å². The molecule has 3 heterocycles. The Bertz CT molecular complexity index is 1630. The zero-order valence-corrected chi connectivity index (χ0v) is 23.2. The molecule has 1 amide bonds. The van der Waals surface area contributed by atoms with Crippen molar-refractivity contribution in [3.8, 4) is 11.3 Å². The van der Waals surface area contributed by atoms with Crippen LogP contribution < -0.4 is 4.90 Å². The van der Waals surface area contributed by atoms with Gasteiger partial charge in [-0.15, -0.1) is 0 Å². The SMILES string of the molecule is CC(C)Cc1nc(N2CCCN(C(=O)CCc3ccccc3)CC2)c2c(-c3ccc4ccccc4c3)noc2n1. The van der Waals surface area contributed by atoms with Crippen molar-refractivity contribution in [2.75, 3.05) is 31.1 Å². The van der Waals surface area contributed by atoms with Crippen molar-refractivity contribution in [2.45, 2.75) is 39.5 Å². The molecule has 7 heteroatoms. The number of rotatable bonds is 7. The molecule has 0 aliphatic carbocycles. The van der Waals surface area contributed by atoms with Crippen LogP contribution in [0.3, 0.4) is 0 Å². The van der Waals surface area contributed by atoms with E-state index in [2.05, 4.69) is 66.4 Å². The first-order valence-corrected chi connectivity index (χ1v) is 14.3. The molecule has 1 saturated heterocycles. The molecule has 6 rings (SSSR count). The number of carbonyl (C=O) groups is 1. The zero-order chi connectivity index (χ0) is 27.5. The van der Waals surface area contributed by atoms with Gasteiger partial charge >= 0.3 is 0 Å². The molecule has 0 saturated carbocycles. The van der Waals surface area contributed by atoms with E-state index in [4.69, 9.17) is 14.5 Å². The third-order valence-corrected chi connectivity index (χ3v) is 7.60. The van der Waals surface area contributed by atoms with Gasteiger partial charge in [0.2, 0.25) is 5.91 Å². The van der Waals surface area contributed by atoms with E-state index in [9.17, 15) is 4.79 Å². The largest absolute Gasteiger partial charge is 0.354 e. The predicted molar refractivity (Wildman–Crippen MR) is 159 cm³/mol. The first-order chi connectivity index (χ1) is 19.5. The average Bonchev–Trinajstić information content (AvgIpc) is 3.24. The summed E-state index contributed by atoms with van der Waals surface area (Å²) in [4.78, 5) is 27.3. The summed E-state index contributed by atoms with van der Waals surface area (Å²) < 4.78 is 5.84. The Kier molecular flexibility index (Phi) is 7.45. The third kappa shape index (κ3) is 5.55.